The first-order valence-electron chi connectivity index (χ1n) is 10.8. The number of morpholine rings is 1. The molecule has 0 aliphatic carbocycles. The van der Waals surface area contributed by atoms with E-state index in [2.05, 4.69) is 21.9 Å². The minimum atomic E-state index is 0.217. The van der Waals surface area contributed by atoms with Gasteiger partial charge in [0, 0.05) is 36.6 Å². The van der Waals surface area contributed by atoms with Crippen molar-refractivity contribution in [3.63, 3.8) is 0 Å². The predicted molar refractivity (Wildman–Crippen MR) is 111 cm³/mol. The standard InChI is InChI=1S/C22H32ClN3O2/c23-21-4-2-1-3-19(21)17-24-9-7-20(8-10-24)25-11-5-18(6-12-25)22(27)26-13-15-28-16-14-26/h1-4,18,20H,5-17H2. The van der Waals surface area contributed by atoms with E-state index in [1.807, 2.05) is 17.0 Å². The largest absolute Gasteiger partial charge is 0.378 e. The zero-order valence-corrected chi connectivity index (χ0v) is 17.4. The minimum absolute atomic E-state index is 0.217. The number of likely N-dealkylation sites (tertiary alicyclic amines) is 2. The first-order chi connectivity index (χ1) is 13.7. The average molecular weight is 406 g/mol. The molecule has 0 bridgehead atoms. The Labute approximate surface area is 173 Å². The second-order valence-corrected chi connectivity index (χ2v) is 8.75. The molecular formula is C22H32ClN3O2. The number of halogens is 1. The molecular weight excluding hydrogens is 374 g/mol. The van der Waals surface area contributed by atoms with Gasteiger partial charge in [-0.2, -0.15) is 0 Å². The summed E-state index contributed by atoms with van der Waals surface area (Å²) in [7, 11) is 0. The second kappa shape index (κ2) is 9.57. The Hall–Kier alpha value is -1.14. The Kier molecular flexibility index (Phi) is 6.89. The molecule has 0 saturated carbocycles. The van der Waals surface area contributed by atoms with Crippen molar-refractivity contribution in [2.24, 2.45) is 5.92 Å². The molecule has 0 unspecified atom stereocenters. The second-order valence-electron chi connectivity index (χ2n) is 8.35. The van der Waals surface area contributed by atoms with Crippen LogP contribution in [0.5, 0.6) is 0 Å². The number of hydrogen-bond acceptors (Lipinski definition) is 4. The van der Waals surface area contributed by atoms with Crippen molar-refractivity contribution in [2.45, 2.75) is 38.3 Å². The molecule has 6 heteroatoms. The van der Waals surface area contributed by atoms with E-state index in [4.69, 9.17) is 16.3 Å². The number of benzene rings is 1. The van der Waals surface area contributed by atoms with Gasteiger partial charge in [-0.05, 0) is 63.5 Å². The summed E-state index contributed by atoms with van der Waals surface area (Å²) in [5, 5.41) is 0.872. The summed E-state index contributed by atoms with van der Waals surface area (Å²) in [5.41, 5.74) is 1.23. The van der Waals surface area contributed by atoms with Gasteiger partial charge in [0.15, 0.2) is 0 Å². The van der Waals surface area contributed by atoms with Gasteiger partial charge in [0.05, 0.1) is 13.2 Å². The molecule has 28 heavy (non-hydrogen) atoms. The van der Waals surface area contributed by atoms with Gasteiger partial charge in [0.25, 0.3) is 0 Å². The summed E-state index contributed by atoms with van der Waals surface area (Å²) in [6.45, 7) is 8.25. The third-order valence-electron chi connectivity index (χ3n) is 6.63. The number of ether oxygens (including phenoxy) is 1. The van der Waals surface area contributed by atoms with Crippen molar-refractivity contribution in [1.82, 2.24) is 14.7 Å². The van der Waals surface area contributed by atoms with Crippen molar-refractivity contribution in [2.75, 3.05) is 52.5 Å². The molecule has 3 aliphatic rings. The maximum absolute atomic E-state index is 12.7. The monoisotopic (exact) mass is 405 g/mol. The molecule has 0 spiro atoms. The lowest BCUT2D eigenvalue weighted by molar-refractivity contribution is -0.141. The molecule has 1 aromatic rings. The smallest absolute Gasteiger partial charge is 0.225 e. The van der Waals surface area contributed by atoms with E-state index >= 15 is 0 Å². The van der Waals surface area contributed by atoms with Gasteiger partial charge < -0.3 is 14.5 Å². The summed E-state index contributed by atoms with van der Waals surface area (Å²) < 4.78 is 5.37. The average Bonchev–Trinajstić information content (AvgIpc) is 2.76. The number of nitrogens with zero attached hydrogens (tertiary/aromatic N) is 3. The van der Waals surface area contributed by atoms with E-state index < -0.39 is 0 Å². The van der Waals surface area contributed by atoms with Crippen LogP contribution in [-0.2, 0) is 16.1 Å². The number of amides is 1. The maximum Gasteiger partial charge on any atom is 0.225 e. The van der Waals surface area contributed by atoms with Crippen molar-refractivity contribution in [3.8, 4) is 0 Å². The number of rotatable bonds is 4. The summed E-state index contributed by atoms with van der Waals surface area (Å²) >= 11 is 6.32. The van der Waals surface area contributed by atoms with E-state index in [1.165, 1.54) is 18.4 Å². The van der Waals surface area contributed by atoms with E-state index in [9.17, 15) is 4.79 Å². The Morgan fingerprint density at radius 2 is 1.64 bits per heavy atom. The molecule has 154 valence electrons. The van der Waals surface area contributed by atoms with E-state index in [1.54, 1.807) is 0 Å². The highest BCUT2D eigenvalue weighted by atomic mass is 35.5. The minimum Gasteiger partial charge on any atom is -0.378 e. The number of carbonyl (C=O) groups is 1. The Balaban J connectivity index is 1.21. The van der Waals surface area contributed by atoms with E-state index in [0.717, 1.165) is 63.7 Å². The summed E-state index contributed by atoms with van der Waals surface area (Å²) in [6.07, 6.45) is 4.45. The van der Waals surface area contributed by atoms with Crippen molar-refractivity contribution in [3.05, 3.63) is 34.9 Å². The van der Waals surface area contributed by atoms with Crippen LogP contribution in [0.2, 0.25) is 5.02 Å². The van der Waals surface area contributed by atoms with Gasteiger partial charge in [-0.25, -0.2) is 0 Å². The lowest BCUT2D eigenvalue weighted by Gasteiger charge is -2.42. The molecule has 4 rings (SSSR count). The van der Waals surface area contributed by atoms with Crippen LogP contribution in [-0.4, -0.2) is 79.1 Å². The fourth-order valence-electron chi connectivity index (χ4n) is 4.86. The van der Waals surface area contributed by atoms with Gasteiger partial charge in [-0.3, -0.25) is 9.69 Å². The molecule has 3 heterocycles. The third-order valence-corrected chi connectivity index (χ3v) is 7.00. The first-order valence-corrected chi connectivity index (χ1v) is 11.1. The predicted octanol–water partition coefficient (Wildman–Crippen LogP) is 2.88. The molecule has 3 saturated heterocycles. The van der Waals surface area contributed by atoms with Crippen LogP contribution in [0.25, 0.3) is 0 Å². The van der Waals surface area contributed by atoms with Crippen molar-refractivity contribution in [1.29, 1.82) is 0 Å². The van der Waals surface area contributed by atoms with Crippen LogP contribution >= 0.6 is 11.6 Å². The molecule has 3 aliphatic heterocycles. The molecule has 0 aromatic heterocycles. The van der Waals surface area contributed by atoms with Crippen LogP contribution in [0.4, 0.5) is 0 Å². The molecule has 0 radical (unpaired) electrons. The molecule has 1 amide bonds. The summed E-state index contributed by atoms with van der Waals surface area (Å²) in [6, 6.07) is 8.83. The Bertz CT molecular complexity index is 649. The molecule has 5 nitrogen and oxygen atoms in total. The zero-order valence-electron chi connectivity index (χ0n) is 16.7. The first kappa shape index (κ1) is 20.1. The highest BCUT2D eigenvalue weighted by molar-refractivity contribution is 6.31. The van der Waals surface area contributed by atoms with Crippen molar-refractivity contribution < 1.29 is 9.53 Å². The fourth-order valence-corrected chi connectivity index (χ4v) is 5.06. The highest BCUT2D eigenvalue weighted by Crippen LogP contribution is 2.26. The lowest BCUT2D eigenvalue weighted by atomic mass is 9.92. The van der Waals surface area contributed by atoms with Crippen LogP contribution in [0.1, 0.15) is 31.2 Å². The number of hydrogen-bond donors (Lipinski definition) is 0. The SMILES string of the molecule is O=C(C1CCN(C2CCN(Cc3ccccc3Cl)CC2)CC1)N1CCOCC1. The zero-order chi connectivity index (χ0) is 19.3. The topological polar surface area (TPSA) is 36.0 Å². The van der Waals surface area contributed by atoms with Crippen LogP contribution in [0.3, 0.4) is 0 Å². The fraction of sp³-hybridized carbons (Fsp3) is 0.682. The molecule has 0 atom stereocenters. The normalized spacial score (nSPS) is 23.8. The van der Waals surface area contributed by atoms with Gasteiger partial charge in [-0.1, -0.05) is 29.8 Å². The van der Waals surface area contributed by atoms with Gasteiger partial charge >= 0.3 is 0 Å². The molecule has 0 N–H and O–H groups in total. The van der Waals surface area contributed by atoms with Gasteiger partial charge in [0.2, 0.25) is 5.91 Å². The maximum atomic E-state index is 12.7. The van der Waals surface area contributed by atoms with E-state index in [-0.39, 0.29) is 5.92 Å². The van der Waals surface area contributed by atoms with Crippen LogP contribution in [0, 0.1) is 5.92 Å². The Morgan fingerprint density at radius 1 is 0.964 bits per heavy atom. The summed E-state index contributed by atoms with van der Waals surface area (Å²) in [4.78, 5) is 19.9. The number of carbonyl (C=O) groups excluding carboxylic acids is 1. The Morgan fingerprint density at radius 3 is 2.32 bits per heavy atom. The quantitative estimate of drug-likeness (QED) is 0.771. The van der Waals surface area contributed by atoms with E-state index in [0.29, 0.717) is 25.2 Å². The number of piperidine rings is 2. The van der Waals surface area contributed by atoms with Gasteiger partial charge in [0.1, 0.15) is 0 Å². The molecule has 1 aromatic carbocycles. The third kappa shape index (κ3) is 4.88. The van der Waals surface area contributed by atoms with Crippen LogP contribution < -0.4 is 0 Å². The van der Waals surface area contributed by atoms with Crippen molar-refractivity contribution >= 4 is 17.5 Å². The van der Waals surface area contributed by atoms with Gasteiger partial charge in [-0.15, -0.1) is 0 Å². The summed E-state index contributed by atoms with van der Waals surface area (Å²) in [5.74, 6) is 0.576. The highest BCUT2D eigenvalue weighted by Gasteiger charge is 2.32. The van der Waals surface area contributed by atoms with Crippen LogP contribution in [0.15, 0.2) is 24.3 Å². The lowest BCUT2D eigenvalue weighted by Crippen LogP contribution is -2.50. The molecule has 3 fully saturated rings.